The second-order valence-electron chi connectivity index (χ2n) is 4.55. The predicted octanol–water partition coefficient (Wildman–Crippen LogP) is 3.18. The minimum Gasteiger partial charge on any atom is -0.324 e. The van der Waals surface area contributed by atoms with Gasteiger partial charge in [-0.2, -0.15) is 0 Å². The molecule has 1 unspecified atom stereocenters. The number of aromatic nitrogens is 1. The number of rotatable bonds is 1. The molecule has 2 rings (SSSR count). The molecule has 2 nitrogen and oxygen atoms in total. The average Bonchev–Trinajstić information content (AvgIpc) is 2.23. The minimum absolute atomic E-state index is 0.0475. The lowest BCUT2D eigenvalue weighted by molar-refractivity contribution is 0.823. The Hall–Kier alpha value is -1.41. The number of pyridine rings is 1. The van der Waals surface area contributed by atoms with Gasteiger partial charge in [-0.1, -0.05) is 12.1 Å². The lowest BCUT2D eigenvalue weighted by atomic mass is 9.98. The van der Waals surface area contributed by atoms with E-state index in [0.717, 1.165) is 11.2 Å². The largest absolute Gasteiger partial charge is 0.324 e. The van der Waals surface area contributed by atoms with Crippen molar-refractivity contribution in [1.82, 2.24) is 4.98 Å². The lowest BCUT2D eigenvalue weighted by Gasteiger charge is -2.13. The molecule has 0 saturated carbocycles. The molecular weight excluding hydrogens is 196 g/mol. The molecule has 0 amide bonds. The van der Waals surface area contributed by atoms with E-state index in [2.05, 4.69) is 37.0 Å². The van der Waals surface area contributed by atoms with Crippen LogP contribution in [0.1, 0.15) is 35.3 Å². The van der Waals surface area contributed by atoms with Gasteiger partial charge in [0.05, 0.1) is 5.52 Å². The van der Waals surface area contributed by atoms with Crippen LogP contribution in [0, 0.1) is 20.8 Å². The molecular formula is C14H18N2. The van der Waals surface area contributed by atoms with Crippen LogP contribution in [0.25, 0.3) is 10.9 Å². The Morgan fingerprint density at radius 3 is 2.50 bits per heavy atom. The van der Waals surface area contributed by atoms with E-state index in [1.807, 2.05) is 13.8 Å². The van der Waals surface area contributed by atoms with Crippen molar-refractivity contribution in [2.75, 3.05) is 0 Å². The number of hydrogen-bond donors (Lipinski definition) is 1. The van der Waals surface area contributed by atoms with E-state index in [4.69, 9.17) is 5.73 Å². The van der Waals surface area contributed by atoms with E-state index >= 15 is 0 Å². The van der Waals surface area contributed by atoms with E-state index in [9.17, 15) is 0 Å². The zero-order valence-electron chi connectivity index (χ0n) is 10.3. The van der Waals surface area contributed by atoms with Crippen molar-refractivity contribution in [2.45, 2.75) is 33.7 Å². The molecule has 0 aliphatic heterocycles. The summed E-state index contributed by atoms with van der Waals surface area (Å²) in [5.41, 5.74) is 11.9. The number of aryl methyl sites for hydroxylation is 3. The molecule has 1 atom stereocenters. The van der Waals surface area contributed by atoms with Gasteiger partial charge in [0.15, 0.2) is 0 Å². The Kier molecular flexibility index (Phi) is 2.68. The molecule has 0 fully saturated rings. The van der Waals surface area contributed by atoms with Gasteiger partial charge >= 0.3 is 0 Å². The fraction of sp³-hybridized carbons (Fsp3) is 0.357. The van der Waals surface area contributed by atoms with Gasteiger partial charge in [0.2, 0.25) is 0 Å². The zero-order valence-corrected chi connectivity index (χ0v) is 10.3. The Balaban J connectivity index is 2.89. The maximum Gasteiger partial charge on any atom is 0.0740 e. The molecule has 2 N–H and O–H groups in total. The van der Waals surface area contributed by atoms with E-state index < -0.39 is 0 Å². The standard InChI is InChI=1S/C14H18N2/c1-8-5-6-12-13(11(4)15)7-9(2)16-14(12)10(8)3/h5-7,11H,15H2,1-4H3. The maximum absolute atomic E-state index is 6.01. The summed E-state index contributed by atoms with van der Waals surface area (Å²) >= 11 is 0. The molecule has 2 heteroatoms. The van der Waals surface area contributed by atoms with Crippen LogP contribution < -0.4 is 5.73 Å². The second-order valence-corrected chi connectivity index (χ2v) is 4.55. The van der Waals surface area contributed by atoms with E-state index in [1.54, 1.807) is 0 Å². The Morgan fingerprint density at radius 2 is 1.88 bits per heavy atom. The predicted molar refractivity (Wildman–Crippen MR) is 68.6 cm³/mol. The molecule has 2 aromatic rings. The molecule has 0 radical (unpaired) electrons. The van der Waals surface area contributed by atoms with Crippen molar-refractivity contribution < 1.29 is 0 Å². The topological polar surface area (TPSA) is 38.9 Å². The summed E-state index contributed by atoms with van der Waals surface area (Å²) in [5.74, 6) is 0. The van der Waals surface area contributed by atoms with Crippen molar-refractivity contribution in [3.8, 4) is 0 Å². The van der Waals surface area contributed by atoms with Crippen LogP contribution in [0.15, 0.2) is 18.2 Å². The monoisotopic (exact) mass is 214 g/mol. The van der Waals surface area contributed by atoms with Crippen molar-refractivity contribution in [3.63, 3.8) is 0 Å². The first-order valence-corrected chi connectivity index (χ1v) is 5.63. The van der Waals surface area contributed by atoms with Crippen molar-refractivity contribution in [2.24, 2.45) is 5.73 Å². The second kappa shape index (κ2) is 3.87. The molecule has 0 aliphatic rings. The smallest absolute Gasteiger partial charge is 0.0740 e. The first kappa shape index (κ1) is 11.1. The van der Waals surface area contributed by atoms with Crippen LogP contribution in [-0.4, -0.2) is 4.98 Å². The summed E-state index contributed by atoms with van der Waals surface area (Å²) in [7, 11) is 0. The highest BCUT2D eigenvalue weighted by Gasteiger charge is 2.10. The van der Waals surface area contributed by atoms with Crippen LogP contribution in [-0.2, 0) is 0 Å². The maximum atomic E-state index is 6.01. The zero-order chi connectivity index (χ0) is 11.9. The van der Waals surface area contributed by atoms with Gasteiger partial charge in [-0.05, 0) is 50.5 Å². The number of nitrogens with zero attached hydrogens (tertiary/aromatic N) is 1. The fourth-order valence-electron chi connectivity index (χ4n) is 2.07. The normalized spacial score (nSPS) is 13.1. The summed E-state index contributed by atoms with van der Waals surface area (Å²) in [6.45, 7) is 8.27. The van der Waals surface area contributed by atoms with Gasteiger partial charge in [-0.15, -0.1) is 0 Å². The molecule has 1 heterocycles. The van der Waals surface area contributed by atoms with E-state index in [1.165, 1.54) is 22.1 Å². The first-order chi connectivity index (χ1) is 7.50. The number of benzene rings is 1. The number of nitrogens with two attached hydrogens (primary N) is 1. The van der Waals surface area contributed by atoms with Crippen LogP contribution in [0.4, 0.5) is 0 Å². The molecule has 0 saturated heterocycles. The Labute approximate surface area is 96.5 Å². The molecule has 0 aliphatic carbocycles. The molecule has 84 valence electrons. The molecule has 0 bridgehead atoms. The van der Waals surface area contributed by atoms with Gasteiger partial charge < -0.3 is 5.73 Å². The average molecular weight is 214 g/mol. The van der Waals surface area contributed by atoms with Gasteiger partial charge in [0, 0.05) is 17.1 Å². The highest BCUT2D eigenvalue weighted by atomic mass is 14.7. The van der Waals surface area contributed by atoms with Gasteiger partial charge in [-0.25, -0.2) is 0 Å². The Morgan fingerprint density at radius 1 is 1.19 bits per heavy atom. The van der Waals surface area contributed by atoms with Gasteiger partial charge in [0.1, 0.15) is 0 Å². The van der Waals surface area contributed by atoms with Crippen LogP contribution in [0.2, 0.25) is 0 Å². The summed E-state index contributed by atoms with van der Waals surface area (Å²) < 4.78 is 0. The van der Waals surface area contributed by atoms with Gasteiger partial charge in [0.25, 0.3) is 0 Å². The van der Waals surface area contributed by atoms with Crippen LogP contribution in [0.5, 0.6) is 0 Å². The molecule has 1 aromatic heterocycles. The fourth-order valence-corrected chi connectivity index (χ4v) is 2.07. The molecule has 0 spiro atoms. The number of hydrogen-bond acceptors (Lipinski definition) is 2. The summed E-state index contributed by atoms with van der Waals surface area (Å²) in [6, 6.07) is 6.40. The van der Waals surface area contributed by atoms with E-state index in [-0.39, 0.29) is 6.04 Å². The third-order valence-corrected chi connectivity index (χ3v) is 3.16. The summed E-state index contributed by atoms with van der Waals surface area (Å²) in [6.07, 6.45) is 0. The van der Waals surface area contributed by atoms with Crippen LogP contribution >= 0.6 is 0 Å². The van der Waals surface area contributed by atoms with Gasteiger partial charge in [-0.3, -0.25) is 4.98 Å². The van der Waals surface area contributed by atoms with Crippen LogP contribution in [0.3, 0.4) is 0 Å². The Bertz CT molecular complexity index is 542. The molecule has 1 aromatic carbocycles. The highest BCUT2D eigenvalue weighted by Crippen LogP contribution is 2.26. The molecule has 16 heavy (non-hydrogen) atoms. The van der Waals surface area contributed by atoms with Crippen molar-refractivity contribution in [3.05, 3.63) is 40.6 Å². The SMILES string of the molecule is Cc1cc(C(C)N)c2ccc(C)c(C)c2n1. The quantitative estimate of drug-likeness (QED) is 0.791. The lowest BCUT2D eigenvalue weighted by Crippen LogP contribution is -2.07. The van der Waals surface area contributed by atoms with Crippen molar-refractivity contribution >= 4 is 10.9 Å². The number of fused-ring (bicyclic) bond motifs is 1. The highest BCUT2D eigenvalue weighted by molar-refractivity contribution is 5.86. The van der Waals surface area contributed by atoms with E-state index in [0.29, 0.717) is 0 Å². The summed E-state index contributed by atoms with van der Waals surface area (Å²) in [5, 5.41) is 1.18. The van der Waals surface area contributed by atoms with Crippen molar-refractivity contribution in [1.29, 1.82) is 0 Å². The third kappa shape index (κ3) is 1.69. The minimum atomic E-state index is 0.0475. The first-order valence-electron chi connectivity index (χ1n) is 5.63. The third-order valence-electron chi connectivity index (χ3n) is 3.16. The summed E-state index contributed by atoms with van der Waals surface area (Å²) in [4.78, 5) is 4.62.